The predicted molar refractivity (Wildman–Crippen MR) is 116 cm³/mol. The van der Waals surface area contributed by atoms with E-state index in [1.165, 1.54) is 16.7 Å². The number of hydrogen-bond acceptors (Lipinski definition) is 2. The van der Waals surface area contributed by atoms with Gasteiger partial charge in [0.1, 0.15) is 0 Å². The molecule has 0 radical (unpaired) electrons. The van der Waals surface area contributed by atoms with Crippen molar-refractivity contribution in [3.8, 4) is 0 Å². The van der Waals surface area contributed by atoms with E-state index in [4.69, 9.17) is 16.6 Å². The number of halogens is 1. The molecule has 0 fully saturated rings. The molecule has 3 aromatic rings. The summed E-state index contributed by atoms with van der Waals surface area (Å²) in [4.78, 5) is 8.81. The fourth-order valence-corrected chi connectivity index (χ4v) is 3.03. The number of nitrogens with one attached hydrogen (secondary N) is 2. The van der Waals surface area contributed by atoms with Gasteiger partial charge in [0, 0.05) is 37.1 Å². The Bertz CT molecular complexity index is 872. The Morgan fingerprint density at radius 2 is 1.89 bits per heavy atom. The summed E-state index contributed by atoms with van der Waals surface area (Å²) >= 11 is 5.94. The van der Waals surface area contributed by atoms with E-state index in [1.54, 1.807) is 6.20 Å². The predicted octanol–water partition coefficient (Wildman–Crippen LogP) is 3.88. The Morgan fingerprint density at radius 1 is 1.07 bits per heavy atom. The highest BCUT2D eigenvalue weighted by molar-refractivity contribution is 6.30. The van der Waals surface area contributed by atoms with Crippen molar-refractivity contribution in [1.82, 2.24) is 20.2 Å². The molecule has 0 unspecified atom stereocenters. The molecule has 0 aliphatic carbocycles. The van der Waals surface area contributed by atoms with Crippen molar-refractivity contribution in [3.05, 3.63) is 89.0 Å². The molecule has 5 nitrogen and oxygen atoms in total. The van der Waals surface area contributed by atoms with Crippen molar-refractivity contribution in [2.75, 3.05) is 13.1 Å². The number of imidazole rings is 1. The SMILES string of the molecule is CCNC(=NCc1cccc(Cn2ccnc2)c1)NCCc1ccc(Cl)cc1. The first-order chi connectivity index (χ1) is 13.7. The van der Waals surface area contributed by atoms with Crippen molar-refractivity contribution in [3.63, 3.8) is 0 Å². The van der Waals surface area contributed by atoms with E-state index in [9.17, 15) is 0 Å². The van der Waals surface area contributed by atoms with Gasteiger partial charge in [-0.15, -0.1) is 0 Å². The first kappa shape index (κ1) is 20.0. The first-order valence-corrected chi connectivity index (χ1v) is 9.91. The first-order valence-electron chi connectivity index (χ1n) is 9.53. The highest BCUT2D eigenvalue weighted by Crippen LogP contribution is 2.10. The largest absolute Gasteiger partial charge is 0.357 e. The van der Waals surface area contributed by atoms with E-state index in [2.05, 4.69) is 63.5 Å². The van der Waals surface area contributed by atoms with Crippen LogP contribution in [0.1, 0.15) is 23.6 Å². The summed E-state index contributed by atoms with van der Waals surface area (Å²) in [6.07, 6.45) is 6.52. The minimum absolute atomic E-state index is 0.633. The smallest absolute Gasteiger partial charge is 0.191 e. The van der Waals surface area contributed by atoms with Crippen LogP contribution in [-0.4, -0.2) is 28.6 Å². The number of rotatable bonds is 8. The second kappa shape index (κ2) is 10.5. The van der Waals surface area contributed by atoms with Gasteiger partial charge in [0.05, 0.1) is 12.9 Å². The van der Waals surface area contributed by atoms with Crippen LogP contribution in [0.3, 0.4) is 0 Å². The third-order valence-electron chi connectivity index (χ3n) is 4.30. The summed E-state index contributed by atoms with van der Waals surface area (Å²) in [5.74, 6) is 0.830. The zero-order valence-corrected chi connectivity index (χ0v) is 16.9. The molecular formula is C22H26ClN5. The zero-order chi connectivity index (χ0) is 19.6. The monoisotopic (exact) mass is 395 g/mol. The number of aromatic nitrogens is 2. The molecule has 1 aromatic heterocycles. The quantitative estimate of drug-likeness (QED) is 0.449. The molecule has 2 aromatic carbocycles. The van der Waals surface area contributed by atoms with Crippen molar-refractivity contribution in [2.24, 2.45) is 4.99 Å². The third kappa shape index (κ3) is 6.43. The topological polar surface area (TPSA) is 54.2 Å². The molecule has 0 amide bonds. The Kier molecular flexibility index (Phi) is 7.50. The second-order valence-corrected chi connectivity index (χ2v) is 6.99. The number of guanidine groups is 1. The summed E-state index contributed by atoms with van der Waals surface area (Å²) in [5, 5.41) is 7.47. The van der Waals surface area contributed by atoms with Crippen LogP contribution in [0.25, 0.3) is 0 Å². The maximum absolute atomic E-state index is 5.94. The molecule has 146 valence electrons. The molecule has 3 rings (SSSR count). The van der Waals surface area contributed by atoms with Crippen LogP contribution in [0, 0.1) is 0 Å². The van der Waals surface area contributed by atoms with Crippen LogP contribution < -0.4 is 10.6 Å². The van der Waals surface area contributed by atoms with Gasteiger partial charge in [-0.2, -0.15) is 0 Å². The van der Waals surface area contributed by atoms with Crippen LogP contribution >= 0.6 is 11.6 Å². The third-order valence-corrected chi connectivity index (χ3v) is 4.55. The highest BCUT2D eigenvalue weighted by atomic mass is 35.5. The average molecular weight is 396 g/mol. The Balaban J connectivity index is 1.55. The Hall–Kier alpha value is -2.79. The van der Waals surface area contributed by atoms with Crippen molar-refractivity contribution in [1.29, 1.82) is 0 Å². The summed E-state index contributed by atoms with van der Waals surface area (Å²) < 4.78 is 2.06. The van der Waals surface area contributed by atoms with Crippen LogP contribution in [0.5, 0.6) is 0 Å². The van der Waals surface area contributed by atoms with Crippen LogP contribution in [0.15, 0.2) is 72.2 Å². The molecule has 0 saturated carbocycles. The van der Waals surface area contributed by atoms with Gasteiger partial charge in [0.25, 0.3) is 0 Å². The van der Waals surface area contributed by atoms with Crippen LogP contribution in [0.2, 0.25) is 5.02 Å². The lowest BCUT2D eigenvalue weighted by atomic mass is 10.1. The lowest BCUT2D eigenvalue weighted by Crippen LogP contribution is -2.38. The van der Waals surface area contributed by atoms with E-state index in [0.29, 0.717) is 6.54 Å². The molecular weight excluding hydrogens is 370 g/mol. The molecule has 0 bridgehead atoms. The lowest BCUT2D eigenvalue weighted by Gasteiger charge is -2.12. The van der Waals surface area contributed by atoms with Gasteiger partial charge >= 0.3 is 0 Å². The molecule has 2 N–H and O–H groups in total. The Labute approximate surface area is 171 Å². The van der Waals surface area contributed by atoms with Crippen molar-refractivity contribution >= 4 is 17.6 Å². The number of aliphatic imine (C=N–C) groups is 1. The second-order valence-electron chi connectivity index (χ2n) is 6.55. The molecule has 0 saturated heterocycles. The summed E-state index contributed by atoms with van der Waals surface area (Å²) in [6, 6.07) is 16.5. The number of nitrogens with zero attached hydrogens (tertiary/aromatic N) is 3. The van der Waals surface area contributed by atoms with Gasteiger partial charge in [0.2, 0.25) is 0 Å². The van der Waals surface area contributed by atoms with Crippen LogP contribution in [0.4, 0.5) is 0 Å². The van der Waals surface area contributed by atoms with E-state index in [0.717, 1.165) is 37.0 Å². The fourth-order valence-electron chi connectivity index (χ4n) is 2.91. The lowest BCUT2D eigenvalue weighted by molar-refractivity contribution is 0.791. The highest BCUT2D eigenvalue weighted by Gasteiger charge is 2.01. The molecule has 1 heterocycles. The summed E-state index contributed by atoms with van der Waals surface area (Å²) in [6.45, 7) is 5.16. The molecule has 0 atom stereocenters. The van der Waals surface area contributed by atoms with Gasteiger partial charge < -0.3 is 15.2 Å². The zero-order valence-electron chi connectivity index (χ0n) is 16.1. The van der Waals surface area contributed by atoms with E-state index >= 15 is 0 Å². The van der Waals surface area contributed by atoms with Gasteiger partial charge in [-0.1, -0.05) is 48.0 Å². The molecule has 0 aliphatic heterocycles. The van der Waals surface area contributed by atoms with Crippen LogP contribution in [-0.2, 0) is 19.5 Å². The van der Waals surface area contributed by atoms with Gasteiger partial charge in [-0.3, -0.25) is 0 Å². The summed E-state index contributed by atoms with van der Waals surface area (Å²) in [5.41, 5.74) is 3.68. The van der Waals surface area contributed by atoms with Gasteiger partial charge in [-0.05, 0) is 42.2 Å². The van der Waals surface area contributed by atoms with E-state index in [-0.39, 0.29) is 0 Å². The standard InChI is InChI=1S/C22H26ClN5/c1-2-25-22(26-11-10-18-6-8-21(23)9-7-18)27-15-19-4-3-5-20(14-19)16-28-13-12-24-17-28/h3-9,12-14,17H,2,10-11,15-16H2,1H3,(H2,25,26,27). The van der Waals surface area contributed by atoms with E-state index < -0.39 is 0 Å². The number of benzene rings is 2. The maximum atomic E-state index is 5.94. The summed E-state index contributed by atoms with van der Waals surface area (Å²) in [7, 11) is 0. The minimum atomic E-state index is 0.633. The van der Waals surface area contributed by atoms with Gasteiger partial charge in [0.15, 0.2) is 5.96 Å². The van der Waals surface area contributed by atoms with Gasteiger partial charge in [-0.25, -0.2) is 9.98 Å². The van der Waals surface area contributed by atoms with E-state index in [1.807, 2.05) is 24.7 Å². The minimum Gasteiger partial charge on any atom is -0.357 e. The average Bonchev–Trinajstić information content (AvgIpc) is 3.21. The number of hydrogen-bond donors (Lipinski definition) is 2. The molecule has 6 heteroatoms. The molecule has 28 heavy (non-hydrogen) atoms. The molecule has 0 aliphatic rings. The Morgan fingerprint density at radius 3 is 2.64 bits per heavy atom. The fraction of sp³-hybridized carbons (Fsp3) is 0.273. The normalized spacial score (nSPS) is 11.4. The molecule has 0 spiro atoms. The van der Waals surface area contributed by atoms with Crippen molar-refractivity contribution < 1.29 is 0 Å². The van der Waals surface area contributed by atoms with Crippen molar-refractivity contribution in [2.45, 2.75) is 26.4 Å². The maximum Gasteiger partial charge on any atom is 0.191 e.